The summed E-state index contributed by atoms with van der Waals surface area (Å²) in [5, 5.41) is 0. The third-order valence-electron chi connectivity index (χ3n) is 3.36. The Kier molecular flexibility index (Phi) is 4.97. The molecule has 2 nitrogen and oxygen atoms in total. The van der Waals surface area contributed by atoms with Crippen molar-refractivity contribution in [2.75, 3.05) is 7.05 Å². The van der Waals surface area contributed by atoms with Gasteiger partial charge in [0.05, 0.1) is 0 Å². The maximum Gasteiger partial charge on any atom is 0.0496 e. The van der Waals surface area contributed by atoms with Gasteiger partial charge in [-0.05, 0) is 32.9 Å². The lowest BCUT2D eigenvalue weighted by molar-refractivity contribution is 0.161. The van der Waals surface area contributed by atoms with Crippen LogP contribution in [0.1, 0.15) is 38.8 Å². The molecule has 0 amide bonds. The molecule has 1 rings (SSSR count). The van der Waals surface area contributed by atoms with Crippen LogP contribution in [-0.2, 0) is 0 Å². The van der Waals surface area contributed by atoms with Crippen LogP contribution in [0.5, 0.6) is 0 Å². The molecule has 16 heavy (non-hydrogen) atoms. The number of likely N-dealkylation sites (N-methyl/N-ethyl adjacent to an activating group) is 1. The first-order chi connectivity index (χ1) is 7.57. The van der Waals surface area contributed by atoms with Crippen molar-refractivity contribution in [1.29, 1.82) is 0 Å². The van der Waals surface area contributed by atoms with Crippen LogP contribution < -0.4 is 5.73 Å². The second kappa shape index (κ2) is 6.02. The van der Waals surface area contributed by atoms with E-state index in [9.17, 15) is 0 Å². The molecule has 1 aromatic rings. The predicted molar refractivity (Wildman–Crippen MR) is 70.3 cm³/mol. The van der Waals surface area contributed by atoms with E-state index in [-0.39, 0.29) is 6.04 Å². The summed E-state index contributed by atoms with van der Waals surface area (Å²) in [7, 11) is 2.16. The van der Waals surface area contributed by atoms with Gasteiger partial charge in [0.1, 0.15) is 0 Å². The fraction of sp³-hybridized carbons (Fsp3) is 0.571. The highest BCUT2D eigenvalue weighted by Gasteiger charge is 2.23. The average molecular weight is 220 g/mol. The molecule has 0 heterocycles. The lowest BCUT2D eigenvalue weighted by Crippen LogP contribution is -2.41. The zero-order valence-electron chi connectivity index (χ0n) is 10.9. The highest BCUT2D eigenvalue weighted by Crippen LogP contribution is 2.24. The molecule has 2 N–H and O–H groups in total. The van der Waals surface area contributed by atoms with Gasteiger partial charge in [-0.3, -0.25) is 4.90 Å². The van der Waals surface area contributed by atoms with Crippen LogP contribution in [-0.4, -0.2) is 24.0 Å². The molecule has 0 aromatic heterocycles. The van der Waals surface area contributed by atoms with E-state index in [1.54, 1.807) is 0 Å². The zero-order valence-corrected chi connectivity index (χ0v) is 10.9. The first-order valence-corrected chi connectivity index (χ1v) is 6.10. The molecule has 0 saturated carbocycles. The van der Waals surface area contributed by atoms with Crippen molar-refractivity contribution in [3.8, 4) is 0 Å². The smallest absolute Gasteiger partial charge is 0.0496 e. The van der Waals surface area contributed by atoms with Gasteiger partial charge in [0.2, 0.25) is 0 Å². The minimum atomic E-state index is 0.140. The number of rotatable bonds is 5. The number of benzene rings is 1. The summed E-state index contributed by atoms with van der Waals surface area (Å²) in [4.78, 5) is 2.38. The summed E-state index contributed by atoms with van der Waals surface area (Å²) in [6.45, 7) is 6.54. The van der Waals surface area contributed by atoms with E-state index < -0.39 is 0 Å². The van der Waals surface area contributed by atoms with E-state index in [1.807, 2.05) is 6.07 Å². The Hall–Kier alpha value is -0.860. The Morgan fingerprint density at radius 1 is 1.19 bits per heavy atom. The minimum Gasteiger partial charge on any atom is -0.326 e. The molecule has 0 saturated heterocycles. The van der Waals surface area contributed by atoms with Crippen LogP contribution in [0.2, 0.25) is 0 Å². The Morgan fingerprint density at radius 2 is 1.75 bits per heavy atom. The summed E-state index contributed by atoms with van der Waals surface area (Å²) < 4.78 is 0. The fourth-order valence-corrected chi connectivity index (χ4v) is 2.12. The molecule has 3 unspecified atom stereocenters. The van der Waals surface area contributed by atoms with Crippen molar-refractivity contribution in [3.63, 3.8) is 0 Å². The molecular weight excluding hydrogens is 196 g/mol. The van der Waals surface area contributed by atoms with Gasteiger partial charge in [0, 0.05) is 18.1 Å². The molecule has 0 aliphatic carbocycles. The lowest BCUT2D eigenvalue weighted by Gasteiger charge is -2.35. The highest BCUT2D eigenvalue weighted by atomic mass is 15.2. The maximum absolute atomic E-state index is 6.12. The van der Waals surface area contributed by atoms with Crippen LogP contribution in [0.25, 0.3) is 0 Å². The third kappa shape index (κ3) is 3.06. The molecule has 0 radical (unpaired) electrons. The van der Waals surface area contributed by atoms with Gasteiger partial charge < -0.3 is 5.73 Å². The number of hydrogen-bond donors (Lipinski definition) is 1. The van der Waals surface area contributed by atoms with Crippen molar-refractivity contribution in [2.24, 2.45) is 5.73 Å². The van der Waals surface area contributed by atoms with E-state index in [1.165, 1.54) is 5.56 Å². The van der Waals surface area contributed by atoms with Crippen LogP contribution in [0.4, 0.5) is 0 Å². The van der Waals surface area contributed by atoms with Gasteiger partial charge >= 0.3 is 0 Å². The van der Waals surface area contributed by atoms with Crippen LogP contribution in [0, 0.1) is 0 Å². The van der Waals surface area contributed by atoms with Crippen LogP contribution in [0.15, 0.2) is 30.3 Å². The van der Waals surface area contributed by atoms with Crippen LogP contribution in [0.3, 0.4) is 0 Å². The third-order valence-corrected chi connectivity index (χ3v) is 3.36. The summed E-state index contributed by atoms with van der Waals surface area (Å²) in [6, 6.07) is 11.5. The van der Waals surface area contributed by atoms with Crippen molar-refractivity contribution in [3.05, 3.63) is 35.9 Å². The molecule has 0 spiro atoms. The Labute approximate surface area is 99.5 Å². The molecule has 90 valence electrons. The van der Waals surface area contributed by atoms with Gasteiger partial charge in [0.15, 0.2) is 0 Å². The number of nitrogens with zero attached hydrogens (tertiary/aromatic N) is 1. The van der Waals surface area contributed by atoms with Crippen molar-refractivity contribution >= 4 is 0 Å². The monoisotopic (exact) mass is 220 g/mol. The van der Waals surface area contributed by atoms with E-state index in [0.29, 0.717) is 12.1 Å². The number of nitrogens with two attached hydrogens (primary N) is 1. The minimum absolute atomic E-state index is 0.140. The first kappa shape index (κ1) is 13.2. The van der Waals surface area contributed by atoms with E-state index in [4.69, 9.17) is 5.73 Å². The Bertz CT molecular complexity index is 295. The van der Waals surface area contributed by atoms with Gasteiger partial charge in [-0.25, -0.2) is 0 Å². The van der Waals surface area contributed by atoms with Crippen molar-refractivity contribution in [2.45, 2.75) is 45.3 Å². The highest BCUT2D eigenvalue weighted by molar-refractivity contribution is 5.20. The van der Waals surface area contributed by atoms with Gasteiger partial charge in [-0.2, -0.15) is 0 Å². The maximum atomic E-state index is 6.12. The molecular formula is C14H24N2. The molecule has 0 bridgehead atoms. The second-order valence-corrected chi connectivity index (χ2v) is 4.64. The summed E-state index contributed by atoms with van der Waals surface area (Å²) in [6.07, 6.45) is 1.15. The Morgan fingerprint density at radius 3 is 2.19 bits per heavy atom. The largest absolute Gasteiger partial charge is 0.326 e. The first-order valence-electron chi connectivity index (χ1n) is 6.10. The fourth-order valence-electron chi connectivity index (χ4n) is 2.12. The van der Waals surface area contributed by atoms with Crippen LogP contribution >= 0.6 is 0 Å². The summed E-state index contributed by atoms with van der Waals surface area (Å²) in [5.74, 6) is 0. The summed E-state index contributed by atoms with van der Waals surface area (Å²) in [5.41, 5.74) is 7.43. The predicted octanol–water partition coefficient (Wildman–Crippen LogP) is 2.81. The quantitative estimate of drug-likeness (QED) is 0.826. The second-order valence-electron chi connectivity index (χ2n) is 4.64. The summed E-state index contributed by atoms with van der Waals surface area (Å²) >= 11 is 0. The molecule has 1 aromatic carbocycles. The normalized spacial score (nSPS) is 17.1. The average Bonchev–Trinajstić information content (AvgIpc) is 2.29. The molecule has 0 aliphatic heterocycles. The zero-order chi connectivity index (χ0) is 12.1. The molecule has 3 atom stereocenters. The van der Waals surface area contributed by atoms with Gasteiger partial charge in [0.25, 0.3) is 0 Å². The SMILES string of the molecule is CCC(C)N(C)C(c1ccccc1)C(C)N. The topological polar surface area (TPSA) is 29.3 Å². The van der Waals surface area contributed by atoms with Crippen molar-refractivity contribution < 1.29 is 0 Å². The molecule has 0 fully saturated rings. The van der Waals surface area contributed by atoms with Crippen molar-refractivity contribution in [1.82, 2.24) is 4.90 Å². The lowest BCUT2D eigenvalue weighted by atomic mass is 9.98. The van der Waals surface area contributed by atoms with E-state index in [2.05, 4.69) is 57.0 Å². The van der Waals surface area contributed by atoms with E-state index >= 15 is 0 Å². The van der Waals surface area contributed by atoms with E-state index in [0.717, 1.165) is 6.42 Å². The van der Waals surface area contributed by atoms with Gasteiger partial charge in [-0.1, -0.05) is 37.3 Å². The van der Waals surface area contributed by atoms with Gasteiger partial charge in [-0.15, -0.1) is 0 Å². The molecule has 0 aliphatic rings. The number of hydrogen-bond acceptors (Lipinski definition) is 2. The molecule has 2 heteroatoms. The Balaban J connectivity index is 2.92. The standard InChI is InChI=1S/C14H24N2/c1-5-11(2)16(4)14(12(3)15)13-9-7-6-8-10-13/h6-12,14H,5,15H2,1-4H3.